The maximum atomic E-state index is 12.6. The maximum Gasteiger partial charge on any atom is 0.419 e. The smallest absolute Gasteiger partial charge is 0.166 e. The van der Waals surface area contributed by atoms with Gasteiger partial charge < -0.3 is 0 Å². The lowest BCUT2D eigenvalue weighted by molar-refractivity contribution is -0.137. The lowest BCUT2D eigenvalue weighted by atomic mass is 10.2. The summed E-state index contributed by atoms with van der Waals surface area (Å²) in [6, 6.07) is 2.75. The maximum absolute atomic E-state index is 12.6. The second-order valence-electron chi connectivity index (χ2n) is 4.56. The Morgan fingerprint density at radius 3 is 1.62 bits per heavy atom. The van der Waals surface area contributed by atoms with Crippen LogP contribution in [0.25, 0.3) is 0 Å². The number of benzene rings is 1. The number of hydrogen-bond acceptors (Lipinski definition) is 0. The third-order valence-corrected chi connectivity index (χ3v) is 4.81. The molecule has 0 atom stereocenters. The highest BCUT2D eigenvalue weighted by Gasteiger charge is 2.36. The minimum absolute atomic E-state index is 0.322. The fraction of sp³-hybridized carbons (Fsp3) is 0.400. The summed E-state index contributed by atoms with van der Waals surface area (Å²) in [4.78, 5) is 0. The van der Waals surface area contributed by atoms with E-state index in [1.54, 1.807) is 0 Å². The van der Waals surface area contributed by atoms with Gasteiger partial charge in [-0.05, 0) is 12.1 Å². The van der Waals surface area contributed by atoms with Gasteiger partial charge in [0.25, 0.3) is 0 Å². The average molecular weight is 287 g/mol. The highest BCUT2D eigenvalue weighted by atomic mass is 35.5. The Labute approximate surface area is 103 Å². The molecule has 6 heteroatoms. The molecular formula is C10H11Cl2F3Si. The SMILES string of the molecule is C[Si](C)(C)c1cc(Cl)c(C(F)(F)F)c(Cl)c1. The second kappa shape index (κ2) is 4.24. The van der Waals surface area contributed by atoms with E-state index in [1.807, 2.05) is 19.6 Å². The Morgan fingerprint density at radius 2 is 1.38 bits per heavy atom. The first kappa shape index (κ1) is 13.9. The molecule has 0 aliphatic rings. The zero-order valence-corrected chi connectivity index (χ0v) is 11.6. The molecule has 0 spiro atoms. The summed E-state index contributed by atoms with van der Waals surface area (Å²) in [6.07, 6.45) is -4.51. The second-order valence-corrected chi connectivity index (χ2v) is 10.5. The number of hydrogen-bond donors (Lipinski definition) is 0. The fourth-order valence-electron chi connectivity index (χ4n) is 1.28. The van der Waals surface area contributed by atoms with Crippen molar-refractivity contribution in [2.24, 2.45) is 0 Å². The highest BCUT2D eigenvalue weighted by Crippen LogP contribution is 2.39. The van der Waals surface area contributed by atoms with Crippen LogP contribution in [0, 0.1) is 0 Å². The first-order valence-electron chi connectivity index (χ1n) is 4.60. The predicted octanol–water partition coefficient (Wildman–Crippen LogP) is 4.56. The quantitative estimate of drug-likeness (QED) is 0.664. The van der Waals surface area contributed by atoms with Crippen LogP contribution >= 0.6 is 23.2 Å². The van der Waals surface area contributed by atoms with Gasteiger partial charge in [0.2, 0.25) is 0 Å². The summed E-state index contributed by atoms with van der Waals surface area (Å²) in [7, 11) is -1.71. The van der Waals surface area contributed by atoms with Crippen LogP contribution in [0.3, 0.4) is 0 Å². The first-order chi connectivity index (χ1) is 7.03. The summed E-state index contributed by atoms with van der Waals surface area (Å²) < 4.78 is 37.7. The molecule has 0 saturated carbocycles. The van der Waals surface area contributed by atoms with Crippen LogP contribution in [-0.4, -0.2) is 8.07 Å². The van der Waals surface area contributed by atoms with Crippen LogP contribution in [0.2, 0.25) is 29.7 Å². The van der Waals surface area contributed by atoms with Crippen molar-refractivity contribution in [3.8, 4) is 0 Å². The van der Waals surface area contributed by atoms with Crippen molar-refractivity contribution >= 4 is 36.5 Å². The molecule has 0 N–H and O–H groups in total. The summed E-state index contributed by atoms with van der Waals surface area (Å²) in [6.45, 7) is 6.05. The minimum Gasteiger partial charge on any atom is -0.166 e. The molecule has 0 radical (unpaired) electrons. The Balaban J connectivity index is 3.41. The molecule has 1 aromatic carbocycles. The molecule has 0 saturated heterocycles. The molecular weight excluding hydrogens is 276 g/mol. The van der Waals surface area contributed by atoms with Crippen LogP contribution in [0.1, 0.15) is 5.56 Å². The van der Waals surface area contributed by atoms with Crippen molar-refractivity contribution in [3.63, 3.8) is 0 Å². The summed E-state index contributed by atoms with van der Waals surface area (Å²) in [5.74, 6) is 0. The van der Waals surface area contributed by atoms with Crippen molar-refractivity contribution in [1.82, 2.24) is 0 Å². The molecule has 0 amide bonds. The lowest BCUT2D eigenvalue weighted by Crippen LogP contribution is -2.37. The van der Waals surface area contributed by atoms with Gasteiger partial charge in [-0.2, -0.15) is 13.2 Å². The molecule has 0 aliphatic carbocycles. The zero-order valence-electron chi connectivity index (χ0n) is 9.04. The van der Waals surface area contributed by atoms with Gasteiger partial charge in [-0.1, -0.05) is 48.0 Å². The third-order valence-electron chi connectivity index (χ3n) is 2.19. The lowest BCUT2D eigenvalue weighted by Gasteiger charge is -2.20. The summed E-state index contributed by atoms with van der Waals surface area (Å²) in [5, 5.41) is 0.172. The van der Waals surface area contributed by atoms with E-state index in [0.717, 1.165) is 5.19 Å². The van der Waals surface area contributed by atoms with Gasteiger partial charge in [-0.25, -0.2) is 0 Å². The largest absolute Gasteiger partial charge is 0.419 e. The number of rotatable bonds is 1. The average Bonchev–Trinajstić information content (AvgIpc) is 1.97. The van der Waals surface area contributed by atoms with Gasteiger partial charge in [0.1, 0.15) is 0 Å². The summed E-state index contributed by atoms with van der Waals surface area (Å²) in [5.41, 5.74) is -0.946. The van der Waals surface area contributed by atoms with E-state index in [2.05, 4.69) is 0 Å². The molecule has 0 heterocycles. The third kappa shape index (κ3) is 2.93. The molecule has 90 valence electrons. The molecule has 0 nitrogen and oxygen atoms in total. The van der Waals surface area contributed by atoms with Crippen molar-refractivity contribution in [2.75, 3.05) is 0 Å². The van der Waals surface area contributed by atoms with E-state index in [4.69, 9.17) is 23.2 Å². The Kier molecular flexibility index (Phi) is 3.67. The Bertz CT molecular complexity index is 385. The van der Waals surface area contributed by atoms with Crippen molar-refractivity contribution in [1.29, 1.82) is 0 Å². The van der Waals surface area contributed by atoms with E-state index >= 15 is 0 Å². The van der Waals surface area contributed by atoms with Gasteiger partial charge in [0.15, 0.2) is 0 Å². The molecule has 0 unspecified atom stereocenters. The van der Waals surface area contributed by atoms with Crippen LogP contribution in [0.5, 0.6) is 0 Å². The van der Waals surface area contributed by atoms with Gasteiger partial charge in [0.05, 0.1) is 23.7 Å². The molecule has 16 heavy (non-hydrogen) atoms. The number of halogens is 5. The van der Waals surface area contributed by atoms with Crippen LogP contribution in [-0.2, 0) is 6.18 Å². The van der Waals surface area contributed by atoms with E-state index in [1.165, 1.54) is 12.1 Å². The zero-order chi connectivity index (χ0) is 12.7. The highest BCUT2D eigenvalue weighted by molar-refractivity contribution is 6.88. The molecule has 0 fully saturated rings. The fourth-order valence-corrected chi connectivity index (χ4v) is 3.32. The minimum atomic E-state index is -4.51. The Morgan fingerprint density at radius 1 is 1.00 bits per heavy atom. The number of alkyl halides is 3. The molecule has 0 bridgehead atoms. The monoisotopic (exact) mass is 286 g/mol. The van der Waals surface area contributed by atoms with Gasteiger partial charge in [-0.3, -0.25) is 0 Å². The topological polar surface area (TPSA) is 0 Å². The van der Waals surface area contributed by atoms with Crippen molar-refractivity contribution in [3.05, 3.63) is 27.7 Å². The molecule has 0 aromatic heterocycles. The first-order valence-corrected chi connectivity index (χ1v) is 8.86. The van der Waals surface area contributed by atoms with Gasteiger partial charge in [-0.15, -0.1) is 0 Å². The predicted molar refractivity (Wildman–Crippen MR) is 64.4 cm³/mol. The van der Waals surface area contributed by atoms with E-state index in [-0.39, 0.29) is 10.0 Å². The van der Waals surface area contributed by atoms with Crippen molar-refractivity contribution < 1.29 is 13.2 Å². The Hall–Kier alpha value is -0.193. The normalized spacial score (nSPS) is 13.0. The molecule has 1 rings (SSSR count). The molecule has 1 aromatic rings. The van der Waals surface area contributed by atoms with E-state index < -0.39 is 19.8 Å². The van der Waals surface area contributed by atoms with Crippen LogP contribution in [0.4, 0.5) is 13.2 Å². The van der Waals surface area contributed by atoms with E-state index in [9.17, 15) is 13.2 Å². The summed E-state index contributed by atoms with van der Waals surface area (Å²) >= 11 is 11.3. The molecule has 0 aliphatic heterocycles. The standard InChI is InChI=1S/C10H11Cl2F3Si/c1-16(2,3)6-4-7(11)9(8(12)5-6)10(13,14)15/h4-5H,1-3H3. The van der Waals surface area contributed by atoms with Crippen molar-refractivity contribution in [2.45, 2.75) is 25.8 Å². The van der Waals surface area contributed by atoms with Gasteiger partial charge in [0, 0.05) is 0 Å². The van der Waals surface area contributed by atoms with E-state index in [0.29, 0.717) is 0 Å². The van der Waals surface area contributed by atoms with Crippen LogP contribution < -0.4 is 5.19 Å². The van der Waals surface area contributed by atoms with Gasteiger partial charge >= 0.3 is 6.18 Å². The van der Waals surface area contributed by atoms with Crippen LogP contribution in [0.15, 0.2) is 12.1 Å².